The minimum absolute atomic E-state index is 0.701. The van der Waals surface area contributed by atoms with Crippen LogP contribution >= 0.6 is 0 Å². The second kappa shape index (κ2) is 2.17. The van der Waals surface area contributed by atoms with Crippen LogP contribution in [0.2, 0.25) is 0 Å². The second-order valence-corrected chi connectivity index (χ2v) is 2.37. The minimum Gasteiger partial charge on any atom is -0.366 e. The summed E-state index contributed by atoms with van der Waals surface area (Å²) in [4.78, 5) is 0. The number of benzene rings is 1. The lowest BCUT2D eigenvalue weighted by molar-refractivity contribution is 1.30. The number of para-hydroxylation sites is 1. The SMILES string of the molecule is N#Cc1cccc2c1NCN2. The van der Waals surface area contributed by atoms with Gasteiger partial charge in [0, 0.05) is 0 Å². The Labute approximate surface area is 64.6 Å². The van der Waals surface area contributed by atoms with E-state index < -0.39 is 0 Å². The Morgan fingerprint density at radius 3 is 3.09 bits per heavy atom. The van der Waals surface area contributed by atoms with E-state index in [0.29, 0.717) is 12.2 Å². The third-order valence-corrected chi connectivity index (χ3v) is 1.73. The molecule has 0 saturated heterocycles. The number of fused-ring (bicyclic) bond motifs is 1. The van der Waals surface area contributed by atoms with E-state index in [9.17, 15) is 0 Å². The molecule has 1 aliphatic heterocycles. The quantitative estimate of drug-likeness (QED) is 0.579. The average Bonchev–Trinajstić information content (AvgIpc) is 2.50. The Morgan fingerprint density at radius 2 is 2.27 bits per heavy atom. The van der Waals surface area contributed by atoms with Gasteiger partial charge < -0.3 is 10.6 Å². The molecule has 1 heterocycles. The molecule has 0 aliphatic carbocycles. The zero-order chi connectivity index (χ0) is 7.68. The van der Waals surface area contributed by atoms with Crippen LogP contribution in [0, 0.1) is 11.3 Å². The first-order valence-electron chi connectivity index (χ1n) is 3.42. The highest BCUT2D eigenvalue weighted by atomic mass is 15.1. The highest BCUT2D eigenvalue weighted by Crippen LogP contribution is 2.28. The molecule has 0 atom stereocenters. The first-order valence-corrected chi connectivity index (χ1v) is 3.42. The van der Waals surface area contributed by atoms with E-state index >= 15 is 0 Å². The number of anilines is 2. The Kier molecular flexibility index (Phi) is 1.19. The molecule has 0 bridgehead atoms. The Morgan fingerprint density at radius 1 is 1.36 bits per heavy atom. The van der Waals surface area contributed by atoms with Gasteiger partial charge in [-0.25, -0.2) is 0 Å². The maximum Gasteiger partial charge on any atom is 0.101 e. The monoisotopic (exact) mass is 145 g/mol. The van der Waals surface area contributed by atoms with Crippen LogP contribution in [0.1, 0.15) is 5.56 Å². The molecule has 0 saturated carbocycles. The van der Waals surface area contributed by atoms with Crippen molar-refractivity contribution in [2.24, 2.45) is 0 Å². The number of nitrogens with zero attached hydrogens (tertiary/aromatic N) is 1. The molecule has 0 spiro atoms. The van der Waals surface area contributed by atoms with E-state index in [1.54, 1.807) is 6.07 Å². The molecule has 1 aromatic rings. The van der Waals surface area contributed by atoms with Crippen molar-refractivity contribution in [2.75, 3.05) is 17.3 Å². The van der Waals surface area contributed by atoms with Crippen molar-refractivity contribution in [1.29, 1.82) is 5.26 Å². The Balaban J connectivity index is 2.61. The van der Waals surface area contributed by atoms with E-state index in [2.05, 4.69) is 16.7 Å². The summed E-state index contributed by atoms with van der Waals surface area (Å²) in [5.41, 5.74) is 2.64. The maximum atomic E-state index is 8.68. The van der Waals surface area contributed by atoms with Crippen LogP contribution in [0.4, 0.5) is 11.4 Å². The van der Waals surface area contributed by atoms with Crippen LogP contribution in [-0.2, 0) is 0 Å². The molecule has 3 heteroatoms. The molecule has 0 amide bonds. The van der Waals surface area contributed by atoms with Crippen molar-refractivity contribution in [1.82, 2.24) is 0 Å². The van der Waals surface area contributed by atoms with Crippen molar-refractivity contribution in [3.63, 3.8) is 0 Å². The first-order chi connectivity index (χ1) is 5.42. The second-order valence-electron chi connectivity index (χ2n) is 2.37. The summed E-state index contributed by atoms with van der Waals surface area (Å²) in [7, 11) is 0. The topological polar surface area (TPSA) is 47.9 Å². The molecular weight excluding hydrogens is 138 g/mol. The van der Waals surface area contributed by atoms with E-state index in [0.717, 1.165) is 11.4 Å². The smallest absolute Gasteiger partial charge is 0.101 e. The first kappa shape index (κ1) is 6.05. The molecule has 11 heavy (non-hydrogen) atoms. The number of rotatable bonds is 0. The van der Waals surface area contributed by atoms with Gasteiger partial charge in [0.05, 0.1) is 23.6 Å². The molecule has 0 radical (unpaired) electrons. The van der Waals surface area contributed by atoms with Crippen molar-refractivity contribution in [3.05, 3.63) is 23.8 Å². The van der Waals surface area contributed by atoms with Crippen molar-refractivity contribution >= 4 is 11.4 Å². The summed E-state index contributed by atoms with van der Waals surface area (Å²) in [6, 6.07) is 7.76. The minimum atomic E-state index is 0.701. The zero-order valence-corrected chi connectivity index (χ0v) is 5.89. The fourth-order valence-electron chi connectivity index (χ4n) is 1.21. The van der Waals surface area contributed by atoms with E-state index in [-0.39, 0.29) is 0 Å². The van der Waals surface area contributed by atoms with Crippen LogP contribution < -0.4 is 10.6 Å². The van der Waals surface area contributed by atoms with Gasteiger partial charge in [0.25, 0.3) is 0 Å². The zero-order valence-electron chi connectivity index (χ0n) is 5.89. The van der Waals surface area contributed by atoms with Gasteiger partial charge in [-0.2, -0.15) is 5.26 Å². The molecule has 3 nitrogen and oxygen atoms in total. The van der Waals surface area contributed by atoms with Gasteiger partial charge in [0.2, 0.25) is 0 Å². The van der Waals surface area contributed by atoms with Crippen LogP contribution in [0.15, 0.2) is 18.2 Å². The third-order valence-electron chi connectivity index (χ3n) is 1.73. The van der Waals surface area contributed by atoms with Crippen LogP contribution in [0.5, 0.6) is 0 Å². The molecule has 1 aromatic carbocycles. The third kappa shape index (κ3) is 0.802. The van der Waals surface area contributed by atoms with Crippen molar-refractivity contribution in [2.45, 2.75) is 0 Å². The van der Waals surface area contributed by atoms with Gasteiger partial charge in [-0.3, -0.25) is 0 Å². The predicted molar refractivity (Wildman–Crippen MR) is 43.3 cm³/mol. The van der Waals surface area contributed by atoms with Gasteiger partial charge >= 0.3 is 0 Å². The maximum absolute atomic E-state index is 8.68. The summed E-state index contributed by atoms with van der Waals surface area (Å²) in [6.07, 6.45) is 0. The van der Waals surface area contributed by atoms with Gasteiger partial charge in [0.1, 0.15) is 6.07 Å². The molecule has 2 N–H and O–H groups in total. The lowest BCUT2D eigenvalue weighted by Gasteiger charge is -1.98. The average molecular weight is 145 g/mol. The van der Waals surface area contributed by atoms with E-state index in [4.69, 9.17) is 5.26 Å². The summed E-state index contributed by atoms with van der Waals surface area (Å²) < 4.78 is 0. The van der Waals surface area contributed by atoms with E-state index in [1.165, 1.54) is 0 Å². The molecular formula is C8H7N3. The van der Waals surface area contributed by atoms with E-state index in [1.807, 2.05) is 12.1 Å². The standard InChI is InChI=1S/C8H7N3/c9-4-6-2-1-3-7-8(6)11-5-10-7/h1-3,10-11H,5H2. The van der Waals surface area contributed by atoms with Crippen LogP contribution in [0.3, 0.4) is 0 Å². The number of hydrogen-bond acceptors (Lipinski definition) is 3. The van der Waals surface area contributed by atoms with Crippen LogP contribution in [0.25, 0.3) is 0 Å². The Hall–Kier alpha value is -1.69. The largest absolute Gasteiger partial charge is 0.366 e. The summed E-state index contributed by atoms with van der Waals surface area (Å²) in [5, 5.41) is 14.9. The normalized spacial score (nSPS) is 12.6. The Bertz CT molecular complexity index is 325. The fraction of sp³-hybridized carbons (Fsp3) is 0.125. The summed E-state index contributed by atoms with van der Waals surface area (Å²) in [6.45, 7) is 0.716. The summed E-state index contributed by atoms with van der Waals surface area (Å²) in [5.74, 6) is 0. The van der Waals surface area contributed by atoms with Crippen molar-refractivity contribution < 1.29 is 0 Å². The number of nitriles is 1. The fourth-order valence-corrected chi connectivity index (χ4v) is 1.21. The van der Waals surface area contributed by atoms with Crippen LogP contribution in [-0.4, -0.2) is 6.67 Å². The molecule has 2 rings (SSSR count). The molecule has 54 valence electrons. The highest BCUT2D eigenvalue weighted by molar-refractivity contribution is 5.78. The van der Waals surface area contributed by atoms with Gasteiger partial charge in [-0.15, -0.1) is 0 Å². The summed E-state index contributed by atoms with van der Waals surface area (Å²) >= 11 is 0. The van der Waals surface area contributed by atoms with Crippen molar-refractivity contribution in [3.8, 4) is 6.07 Å². The molecule has 0 fully saturated rings. The van der Waals surface area contributed by atoms with Gasteiger partial charge in [0.15, 0.2) is 0 Å². The number of hydrogen-bond donors (Lipinski definition) is 2. The van der Waals surface area contributed by atoms with Gasteiger partial charge in [-0.1, -0.05) is 6.07 Å². The van der Waals surface area contributed by atoms with Gasteiger partial charge in [-0.05, 0) is 12.1 Å². The lowest BCUT2D eigenvalue weighted by Crippen LogP contribution is -1.99. The molecule has 0 unspecified atom stereocenters. The molecule has 0 aromatic heterocycles. The molecule has 1 aliphatic rings. The highest BCUT2D eigenvalue weighted by Gasteiger charge is 2.11. The lowest BCUT2D eigenvalue weighted by atomic mass is 10.2. The number of nitrogens with one attached hydrogen (secondary N) is 2. The predicted octanol–water partition coefficient (Wildman–Crippen LogP) is 1.35.